The van der Waals surface area contributed by atoms with Crippen molar-refractivity contribution in [2.24, 2.45) is 0 Å². The van der Waals surface area contributed by atoms with Crippen molar-refractivity contribution in [1.29, 1.82) is 0 Å². The summed E-state index contributed by atoms with van der Waals surface area (Å²) >= 11 is 0. The number of hydrogen-bond donors (Lipinski definition) is 3. The van der Waals surface area contributed by atoms with Crippen LogP contribution in [0.15, 0.2) is 0 Å². The van der Waals surface area contributed by atoms with Crippen molar-refractivity contribution < 1.29 is 9.84 Å². The number of nitrogen functional groups attached to an aromatic ring is 1. The van der Waals surface area contributed by atoms with E-state index in [9.17, 15) is 5.11 Å². The van der Waals surface area contributed by atoms with Gasteiger partial charge in [0.2, 0.25) is 11.9 Å². The van der Waals surface area contributed by atoms with E-state index in [2.05, 4.69) is 20.3 Å². The van der Waals surface area contributed by atoms with Crippen molar-refractivity contribution in [1.82, 2.24) is 15.0 Å². The SMILES string of the molecule is CCOc1nc(N)nc(NC2CCCCC2O)n1. The van der Waals surface area contributed by atoms with Gasteiger partial charge in [0.05, 0.1) is 18.8 Å². The molecular weight excluding hydrogens is 234 g/mol. The van der Waals surface area contributed by atoms with Crippen LogP contribution >= 0.6 is 0 Å². The zero-order valence-corrected chi connectivity index (χ0v) is 10.5. The Balaban J connectivity index is 2.07. The number of aliphatic hydroxyl groups is 1. The Hall–Kier alpha value is -1.63. The van der Waals surface area contributed by atoms with Crippen LogP contribution in [0.1, 0.15) is 32.6 Å². The van der Waals surface area contributed by atoms with Crippen LogP contribution in [0.3, 0.4) is 0 Å². The topological polar surface area (TPSA) is 106 Å². The molecule has 0 spiro atoms. The van der Waals surface area contributed by atoms with E-state index in [1.807, 2.05) is 6.92 Å². The highest BCUT2D eigenvalue weighted by Crippen LogP contribution is 2.21. The van der Waals surface area contributed by atoms with Gasteiger partial charge in [-0.15, -0.1) is 0 Å². The fourth-order valence-corrected chi connectivity index (χ4v) is 2.08. The average Bonchev–Trinajstić information content (AvgIpc) is 2.32. The Bertz CT molecular complexity index is 401. The molecule has 1 saturated carbocycles. The zero-order chi connectivity index (χ0) is 13.0. The maximum atomic E-state index is 9.88. The first-order valence-corrected chi connectivity index (χ1v) is 6.28. The van der Waals surface area contributed by atoms with Crippen LogP contribution in [0.4, 0.5) is 11.9 Å². The molecule has 0 radical (unpaired) electrons. The quantitative estimate of drug-likeness (QED) is 0.720. The monoisotopic (exact) mass is 253 g/mol. The van der Waals surface area contributed by atoms with Crippen LogP contribution in [0.5, 0.6) is 6.01 Å². The molecule has 18 heavy (non-hydrogen) atoms. The lowest BCUT2D eigenvalue weighted by Gasteiger charge is -2.28. The molecule has 1 aliphatic carbocycles. The van der Waals surface area contributed by atoms with Gasteiger partial charge in [0.1, 0.15) is 0 Å². The number of ether oxygens (including phenoxy) is 1. The number of anilines is 2. The molecule has 1 fully saturated rings. The molecule has 100 valence electrons. The molecule has 1 aromatic rings. The molecule has 0 saturated heterocycles. The van der Waals surface area contributed by atoms with Crippen LogP contribution in [-0.4, -0.2) is 38.8 Å². The van der Waals surface area contributed by atoms with E-state index in [1.54, 1.807) is 0 Å². The van der Waals surface area contributed by atoms with E-state index in [1.165, 1.54) is 0 Å². The predicted octanol–water partition coefficient (Wildman–Crippen LogP) is 0.568. The van der Waals surface area contributed by atoms with Crippen LogP contribution in [-0.2, 0) is 0 Å². The fourth-order valence-electron chi connectivity index (χ4n) is 2.08. The Labute approximate surface area is 106 Å². The molecule has 7 heteroatoms. The third-order valence-electron chi connectivity index (χ3n) is 2.95. The Morgan fingerprint density at radius 2 is 2.11 bits per heavy atom. The van der Waals surface area contributed by atoms with Crippen LogP contribution < -0.4 is 15.8 Å². The number of rotatable bonds is 4. The first kappa shape index (κ1) is 12.8. The summed E-state index contributed by atoms with van der Waals surface area (Å²) < 4.78 is 5.20. The van der Waals surface area contributed by atoms with Gasteiger partial charge in [-0.2, -0.15) is 15.0 Å². The second-order valence-electron chi connectivity index (χ2n) is 4.34. The van der Waals surface area contributed by atoms with Gasteiger partial charge in [-0.25, -0.2) is 0 Å². The van der Waals surface area contributed by atoms with E-state index >= 15 is 0 Å². The zero-order valence-electron chi connectivity index (χ0n) is 10.5. The minimum Gasteiger partial charge on any atom is -0.464 e. The summed E-state index contributed by atoms with van der Waals surface area (Å²) in [6, 6.07) is 0.174. The molecule has 1 aliphatic rings. The predicted molar refractivity (Wildman–Crippen MR) is 67.3 cm³/mol. The lowest BCUT2D eigenvalue weighted by Crippen LogP contribution is -2.37. The van der Waals surface area contributed by atoms with Crippen LogP contribution in [0.25, 0.3) is 0 Å². The van der Waals surface area contributed by atoms with E-state index in [0.717, 1.165) is 25.7 Å². The van der Waals surface area contributed by atoms with Crippen molar-refractivity contribution in [3.05, 3.63) is 0 Å². The summed E-state index contributed by atoms with van der Waals surface area (Å²) in [5.41, 5.74) is 5.58. The molecule has 0 aromatic carbocycles. The van der Waals surface area contributed by atoms with E-state index in [4.69, 9.17) is 10.5 Å². The minimum absolute atomic E-state index is 0.0324. The first-order valence-electron chi connectivity index (χ1n) is 6.28. The van der Waals surface area contributed by atoms with Crippen molar-refractivity contribution in [2.75, 3.05) is 17.7 Å². The van der Waals surface area contributed by atoms with Gasteiger partial charge < -0.3 is 20.9 Å². The number of nitrogens with one attached hydrogen (secondary N) is 1. The minimum atomic E-state index is -0.368. The van der Waals surface area contributed by atoms with Crippen LogP contribution in [0.2, 0.25) is 0 Å². The normalized spacial score (nSPS) is 23.7. The van der Waals surface area contributed by atoms with Crippen molar-refractivity contribution in [3.8, 4) is 6.01 Å². The van der Waals surface area contributed by atoms with Gasteiger partial charge in [0.15, 0.2) is 0 Å². The number of hydrogen-bond acceptors (Lipinski definition) is 7. The highest BCUT2D eigenvalue weighted by Gasteiger charge is 2.23. The average molecular weight is 253 g/mol. The third kappa shape index (κ3) is 3.19. The molecule has 4 N–H and O–H groups in total. The largest absolute Gasteiger partial charge is 0.464 e. The molecule has 0 bridgehead atoms. The van der Waals surface area contributed by atoms with Gasteiger partial charge in [-0.1, -0.05) is 12.8 Å². The Morgan fingerprint density at radius 1 is 1.33 bits per heavy atom. The van der Waals surface area contributed by atoms with Gasteiger partial charge in [0.25, 0.3) is 0 Å². The standard InChI is InChI=1S/C11H19N5O2/c1-2-18-11-15-9(12)14-10(16-11)13-7-5-3-4-6-8(7)17/h7-8,17H,2-6H2,1H3,(H3,12,13,14,15,16). The summed E-state index contributed by atoms with van der Waals surface area (Å²) in [6.45, 7) is 2.31. The second-order valence-corrected chi connectivity index (χ2v) is 4.34. The maximum Gasteiger partial charge on any atom is 0.323 e. The molecule has 1 aromatic heterocycles. The first-order chi connectivity index (χ1) is 8.69. The van der Waals surface area contributed by atoms with Crippen molar-refractivity contribution in [3.63, 3.8) is 0 Å². The molecular formula is C11H19N5O2. The van der Waals surface area contributed by atoms with Crippen LogP contribution in [0, 0.1) is 0 Å². The number of nitrogens with zero attached hydrogens (tertiary/aromatic N) is 3. The van der Waals surface area contributed by atoms with Gasteiger partial charge in [0, 0.05) is 0 Å². The molecule has 0 aliphatic heterocycles. The van der Waals surface area contributed by atoms with E-state index in [-0.39, 0.29) is 24.1 Å². The highest BCUT2D eigenvalue weighted by molar-refractivity contribution is 5.34. The molecule has 1 heterocycles. The second kappa shape index (κ2) is 5.81. The number of aliphatic hydroxyl groups excluding tert-OH is 1. The van der Waals surface area contributed by atoms with Gasteiger partial charge >= 0.3 is 6.01 Å². The molecule has 2 unspecified atom stereocenters. The maximum absolute atomic E-state index is 9.88. The molecule has 2 rings (SSSR count). The fraction of sp³-hybridized carbons (Fsp3) is 0.727. The highest BCUT2D eigenvalue weighted by atomic mass is 16.5. The Morgan fingerprint density at radius 3 is 2.83 bits per heavy atom. The molecule has 0 amide bonds. The lowest BCUT2D eigenvalue weighted by molar-refractivity contribution is 0.116. The third-order valence-corrected chi connectivity index (χ3v) is 2.95. The van der Waals surface area contributed by atoms with Gasteiger partial charge in [-0.3, -0.25) is 0 Å². The smallest absolute Gasteiger partial charge is 0.323 e. The van der Waals surface area contributed by atoms with E-state index in [0.29, 0.717) is 12.6 Å². The molecule has 7 nitrogen and oxygen atoms in total. The van der Waals surface area contributed by atoms with Crippen molar-refractivity contribution in [2.45, 2.75) is 44.8 Å². The molecule has 2 atom stereocenters. The summed E-state index contributed by atoms with van der Waals surface area (Å²) in [5.74, 6) is 0.471. The lowest BCUT2D eigenvalue weighted by atomic mass is 9.93. The number of aromatic nitrogens is 3. The number of nitrogens with two attached hydrogens (primary N) is 1. The van der Waals surface area contributed by atoms with E-state index < -0.39 is 0 Å². The summed E-state index contributed by atoms with van der Waals surface area (Å²) in [7, 11) is 0. The summed E-state index contributed by atoms with van der Waals surface area (Å²) in [5, 5.41) is 13.0. The van der Waals surface area contributed by atoms with Gasteiger partial charge in [-0.05, 0) is 19.8 Å². The summed E-state index contributed by atoms with van der Waals surface area (Å²) in [4.78, 5) is 12.0. The Kier molecular flexibility index (Phi) is 4.14. The summed E-state index contributed by atoms with van der Waals surface area (Å²) in [6.07, 6.45) is 3.48. The van der Waals surface area contributed by atoms with Crippen molar-refractivity contribution >= 4 is 11.9 Å².